The van der Waals surface area contributed by atoms with Crippen LogP contribution in [0.3, 0.4) is 0 Å². The SMILES string of the molecule is CC(C(=O)O)C(C)N1CCN2CCCCC2C1. The second-order valence-electron chi connectivity index (χ2n) is 5.55. The zero-order chi connectivity index (χ0) is 12.4. The topological polar surface area (TPSA) is 43.8 Å². The summed E-state index contributed by atoms with van der Waals surface area (Å²) < 4.78 is 0. The number of hydrogen-bond acceptors (Lipinski definition) is 3. The largest absolute Gasteiger partial charge is 0.481 e. The predicted molar refractivity (Wildman–Crippen MR) is 67.0 cm³/mol. The van der Waals surface area contributed by atoms with Gasteiger partial charge in [0.2, 0.25) is 0 Å². The molecular weight excluding hydrogens is 216 g/mol. The van der Waals surface area contributed by atoms with E-state index in [1.807, 2.05) is 6.92 Å². The molecule has 4 nitrogen and oxygen atoms in total. The molecule has 0 radical (unpaired) electrons. The highest BCUT2D eigenvalue weighted by Gasteiger charge is 2.33. The third-order valence-corrected chi connectivity index (χ3v) is 4.56. The van der Waals surface area contributed by atoms with E-state index in [0.29, 0.717) is 6.04 Å². The lowest BCUT2D eigenvalue weighted by atomic mass is 9.96. The van der Waals surface area contributed by atoms with Crippen molar-refractivity contribution >= 4 is 5.97 Å². The van der Waals surface area contributed by atoms with Crippen molar-refractivity contribution in [1.82, 2.24) is 9.80 Å². The van der Waals surface area contributed by atoms with Gasteiger partial charge in [0.15, 0.2) is 0 Å². The molecule has 0 aromatic carbocycles. The van der Waals surface area contributed by atoms with Gasteiger partial charge in [-0.1, -0.05) is 13.3 Å². The second-order valence-corrected chi connectivity index (χ2v) is 5.55. The van der Waals surface area contributed by atoms with Gasteiger partial charge in [-0.2, -0.15) is 0 Å². The van der Waals surface area contributed by atoms with Crippen molar-refractivity contribution < 1.29 is 9.90 Å². The van der Waals surface area contributed by atoms with Gasteiger partial charge in [0.05, 0.1) is 5.92 Å². The maximum absolute atomic E-state index is 11.0. The normalized spacial score (nSPS) is 30.6. The van der Waals surface area contributed by atoms with Gasteiger partial charge in [-0.15, -0.1) is 0 Å². The van der Waals surface area contributed by atoms with Crippen molar-refractivity contribution in [2.75, 3.05) is 26.2 Å². The lowest BCUT2D eigenvalue weighted by molar-refractivity contribution is -0.143. The number of hydrogen-bond donors (Lipinski definition) is 1. The Bertz CT molecular complexity index is 283. The number of rotatable bonds is 3. The van der Waals surface area contributed by atoms with Gasteiger partial charge in [0.1, 0.15) is 0 Å². The first-order valence-electron chi connectivity index (χ1n) is 6.80. The summed E-state index contributed by atoms with van der Waals surface area (Å²) >= 11 is 0. The Kier molecular flexibility index (Phi) is 4.05. The molecule has 0 amide bonds. The molecule has 98 valence electrons. The summed E-state index contributed by atoms with van der Waals surface area (Å²) in [5, 5.41) is 9.08. The molecule has 2 rings (SSSR count). The Labute approximate surface area is 104 Å². The molecule has 4 heteroatoms. The molecule has 0 aromatic rings. The summed E-state index contributed by atoms with van der Waals surface area (Å²) in [4.78, 5) is 16.0. The van der Waals surface area contributed by atoms with E-state index in [2.05, 4.69) is 16.7 Å². The van der Waals surface area contributed by atoms with Gasteiger partial charge < -0.3 is 5.11 Å². The lowest BCUT2D eigenvalue weighted by Gasteiger charge is -2.46. The number of carbonyl (C=O) groups is 1. The van der Waals surface area contributed by atoms with Crippen LogP contribution in [0.5, 0.6) is 0 Å². The maximum atomic E-state index is 11.0. The molecule has 1 N–H and O–H groups in total. The zero-order valence-electron chi connectivity index (χ0n) is 10.9. The molecule has 2 heterocycles. The molecule has 3 atom stereocenters. The molecule has 2 fully saturated rings. The van der Waals surface area contributed by atoms with E-state index in [0.717, 1.165) is 19.6 Å². The smallest absolute Gasteiger partial charge is 0.307 e. The summed E-state index contributed by atoms with van der Waals surface area (Å²) in [6.45, 7) is 8.30. The molecule has 2 saturated heterocycles. The van der Waals surface area contributed by atoms with Gasteiger partial charge in [0, 0.05) is 31.7 Å². The van der Waals surface area contributed by atoms with Gasteiger partial charge in [-0.25, -0.2) is 0 Å². The quantitative estimate of drug-likeness (QED) is 0.806. The summed E-state index contributed by atoms with van der Waals surface area (Å²) in [6.07, 6.45) is 3.94. The predicted octanol–water partition coefficient (Wildman–Crippen LogP) is 1.27. The molecule has 0 aromatic heterocycles. The van der Waals surface area contributed by atoms with Crippen LogP contribution >= 0.6 is 0 Å². The van der Waals surface area contributed by atoms with Crippen molar-refractivity contribution in [3.05, 3.63) is 0 Å². The summed E-state index contributed by atoms with van der Waals surface area (Å²) in [6, 6.07) is 0.817. The van der Waals surface area contributed by atoms with Gasteiger partial charge in [-0.05, 0) is 26.3 Å². The number of piperazine rings is 1. The highest BCUT2D eigenvalue weighted by molar-refractivity contribution is 5.70. The van der Waals surface area contributed by atoms with Crippen molar-refractivity contribution in [2.24, 2.45) is 5.92 Å². The van der Waals surface area contributed by atoms with Gasteiger partial charge >= 0.3 is 5.97 Å². The molecule has 17 heavy (non-hydrogen) atoms. The molecular formula is C13H24N2O2. The Hall–Kier alpha value is -0.610. The third-order valence-electron chi connectivity index (χ3n) is 4.56. The Balaban J connectivity index is 1.92. The third kappa shape index (κ3) is 2.80. The van der Waals surface area contributed by atoms with Crippen LogP contribution in [0.4, 0.5) is 0 Å². The summed E-state index contributed by atoms with van der Waals surface area (Å²) in [7, 11) is 0. The van der Waals surface area contributed by atoms with Crippen molar-refractivity contribution in [2.45, 2.75) is 45.2 Å². The fraction of sp³-hybridized carbons (Fsp3) is 0.923. The van der Waals surface area contributed by atoms with E-state index in [-0.39, 0.29) is 12.0 Å². The minimum absolute atomic E-state index is 0.150. The van der Waals surface area contributed by atoms with Gasteiger partial charge in [-0.3, -0.25) is 14.6 Å². The number of carboxylic acid groups (broad SMARTS) is 1. The monoisotopic (exact) mass is 240 g/mol. The average Bonchev–Trinajstić information content (AvgIpc) is 2.36. The van der Waals surface area contributed by atoms with Crippen LogP contribution in [0.15, 0.2) is 0 Å². The lowest BCUT2D eigenvalue weighted by Crippen LogP contribution is -2.58. The number of aliphatic carboxylic acids is 1. The Morgan fingerprint density at radius 1 is 1.24 bits per heavy atom. The van der Waals surface area contributed by atoms with E-state index >= 15 is 0 Å². The molecule has 0 spiro atoms. The first-order valence-corrected chi connectivity index (χ1v) is 6.80. The average molecular weight is 240 g/mol. The van der Waals surface area contributed by atoms with Crippen LogP contribution in [0.2, 0.25) is 0 Å². The summed E-state index contributed by atoms with van der Waals surface area (Å²) in [5.41, 5.74) is 0. The van der Waals surface area contributed by atoms with Crippen molar-refractivity contribution in [3.63, 3.8) is 0 Å². The standard InChI is InChI=1S/C13H24N2O2/c1-10(13(16)17)11(2)15-8-7-14-6-4-3-5-12(14)9-15/h10-12H,3-9H2,1-2H3,(H,16,17). The van der Waals surface area contributed by atoms with Crippen LogP contribution in [0.1, 0.15) is 33.1 Å². The van der Waals surface area contributed by atoms with Crippen LogP contribution < -0.4 is 0 Å². The molecule has 2 aliphatic rings. The molecule has 0 aliphatic carbocycles. The highest BCUT2D eigenvalue weighted by atomic mass is 16.4. The molecule has 3 unspecified atom stereocenters. The van der Waals surface area contributed by atoms with Crippen LogP contribution in [-0.2, 0) is 4.79 Å². The molecule has 0 bridgehead atoms. The van der Waals surface area contributed by atoms with Gasteiger partial charge in [0.25, 0.3) is 0 Å². The first kappa shape index (κ1) is 12.8. The van der Waals surface area contributed by atoms with E-state index in [1.165, 1.54) is 25.8 Å². The van der Waals surface area contributed by atoms with E-state index < -0.39 is 5.97 Å². The zero-order valence-corrected chi connectivity index (χ0v) is 10.9. The van der Waals surface area contributed by atoms with Crippen LogP contribution in [0.25, 0.3) is 0 Å². The number of piperidine rings is 1. The number of nitrogens with zero attached hydrogens (tertiary/aromatic N) is 2. The molecule has 0 saturated carbocycles. The first-order chi connectivity index (χ1) is 8.09. The maximum Gasteiger partial charge on any atom is 0.307 e. The number of carboxylic acids is 1. The minimum atomic E-state index is -0.677. The number of fused-ring (bicyclic) bond motifs is 1. The fourth-order valence-electron chi connectivity index (χ4n) is 3.07. The van der Waals surface area contributed by atoms with E-state index in [4.69, 9.17) is 5.11 Å². The second kappa shape index (κ2) is 5.36. The summed E-state index contributed by atoms with van der Waals surface area (Å²) in [5.74, 6) is -0.950. The Morgan fingerprint density at radius 3 is 2.71 bits per heavy atom. The minimum Gasteiger partial charge on any atom is -0.481 e. The van der Waals surface area contributed by atoms with Crippen molar-refractivity contribution in [1.29, 1.82) is 0 Å². The highest BCUT2D eigenvalue weighted by Crippen LogP contribution is 2.23. The Morgan fingerprint density at radius 2 is 2.00 bits per heavy atom. The molecule has 2 aliphatic heterocycles. The fourth-order valence-corrected chi connectivity index (χ4v) is 3.07. The van der Waals surface area contributed by atoms with Crippen LogP contribution in [0, 0.1) is 5.92 Å². The van der Waals surface area contributed by atoms with E-state index in [9.17, 15) is 4.79 Å². The van der Waals surface area contributed by atoms with Crippen molar-refractivity contribution in [3.8, 4) is 0 Å². The van der Waals surface area contributed by atoms with E-state index in [1.54, 1.807) is 0 Å². The van der Waals surface area contributed by atoms with Crippen LogP contribution in [-0.4, -0.2) is 59.1 Å².